The molecule has 0 aliphatic heterocycles. The summed E-state index contributed by atoms with van der Waals surface area (Å²) in [7, 11) is 0. The van der Waals surface area contributed by atoms with Crippen LogP contribution >= 0.6 is 15.9 Å². The Labute approximate surface area is 164 Å². The third-order valence-electron chi connectivity index (χ3n) is 3.56. The van der Waals surface area contributed by atoms with Crippen molar-refractivity contribution in [2.75, 3.05) is 5.32 Å². The number of amides is 2. The molecule has 2 amide bonds. The van der Waals surface area contributed by atoms with Gasteiger partial charge in [0.1, 0.15) is 11.5 Å². The molecule has 0 aliphatic carbocycles. The molecule has 0 spiro atoms. The Balaban J connectivity index is 1.63. The van der Waals surface area contributed by atoms with Gasteiger partial charge in [-0.2, -0.15) is 5.10 Å². The molecule has 2 N–H and O–H groups in total. The SMILES string of the molecule is CC(=O)Nc1cccc(C(=O)N/N=C\c2ccc(-c3ccc(Br)cc3)o2)c1. The van der Waals surface area contributed by atoms with Gasteiger partial charge >= 0.3 is 0 Å². The van der Waals surface area contributed by atoms with Crippen LogP contribution in [0.15, 0.2) is 74.7 Å². The van der Waals surface area contributed by atoms with Crippen molar-refractivity contribution in [1.82, 2.24) is 5.43 Å². The molecule has 0 atom stereocenters. The zero-order chi connectivity index (χ0) is 19.2. The first-order valence-electron chi connectivity index (χ1n) is 8.08. The van der Waals surface area contributed by atoms with Gasteiger partial charge in [0.2, 0.25) is 5.91 Å². The van der Waals surface area contributed by atoms with Crippen molar-refractivity contribution in [1.29, 1.82) is 0 Å². The van der Waals surface area contributed by atoms with Gasteiger partial charge < -0.3 is 9.73 Å². The van der Waals surface area contributed by atoms with E-state index in [1.807, 2.05) is 30.3 Å². The van der Waals surface area contributed by atoms with Crippen molar-refractivity contribution < 1.29 is 14.0 Å². The van der Waals surface area contributed by atoms with Gasteiger partial charge in [-0.15, -0.1) is 0 Å². The molecule has 2 aromatic carbocycles. The number of halogens is 1. The number of hydrazone groups is 1. The van der Waals surface area contributed by atoms with Crippen molar-refractivity contribution in [3.05, 3.63) is 76.5 Å². The summed E-state index contributed by atoms with van der Waals surface area (Å²) in [5.41, 5.74) is 4.31. The zero-order valence-electron chi connectivity index (χ0n) is 14.4. The van der Waals surface area contributed by atoms with Crippen LogP contribution in [0.5, 0.6) is 0 Å². The van der Waals surface area contributed by atoms with E-state index in [-0.39, 0.29) is 5.91 Å². The summed E-state index contributed by atoms with van der Waals surface area (Å²) in [4.78, 5) is 23.3. The number of rotatable bonds is 5. The minimum atomic E-state index is -0.391. The first-order valence-corrected chi connectivity index (χ1v) is 8.87. The first-order chi connectivity index (χ1) is 13.0. The highest BCUT2D eigenvalue weighted by molar-refractivity contribution is 9.10. The highest BCUT2D eigenvalue weighted by atomic mass is 79.9. The minimum absolute atomic E-state index is 0.204. The van der Waals surface area contributed by atoms with Crippen molar-refractivity contribution in [2.24, 2.45) is 5.10 Å². The van der Waals surface area contributed by atoms with E-state index in [0.717, 1.165) is 10.0 Å². The van der Waals surface area contributed by atoms with Crippen LogP contribution in [0.2, 0.25) is 0 Å². The summed E-state index contributed by atoms with van der Waals surface area (Å²) in [6.07, 6.45) is 1.43. The number of nitrogens with zero attached hydrogens (tertiary/aromatic N) is 1. The number of carbonyl (C=O) groups is 2. The van der Waals surface area contributed by atoms with Crippen molar-refractivity contribution in [3.63, 3.8) is 0 Å². The van der Waals surface area contributed by atoms with E-state index in [9.17, 15) is 9.59 Å². The summed E-state index contributed by atoms with van der Waals surface area (Å²) in [5.74, 6) is 0.626. The predicted molar refractivity (Wildman–Crippen MR) is 108 cm³/mol. The van der Waals surface area contributed by atoms with Crippen LogP contribution in [-0.2, 0) is 4.79 Å². The van der Waals surface area contributed by atoms with Gasteiger partial charge in [0, 0.05) is 28.2 Å². The molecular formula is C20H16BrN3O3. The lowest BCUT2D eigenvalue weighted by Crippen LogP contribution is -2.18. The van der Waals surface area contributed by atoms with Crippen LogP contribution in [0.3, 0.4) is 0 Å². The van der Waals surface area contributed by atoms with E-state index >= 15 is 0 Å². The number of carbonyl (C=O) groups excluding carboxylic acids is 2. The molecule has 0 saturated carbocycles. The summed E-state index contributed by atoms with van der Waals surface area (Å²) in [6, 6.07) is 17.9. The molecule has 0 unspecified atom stereocenters. The van der Waals surface area contributed by atoms with Crippen LogP contribution in [0.25, 0.3) is 11.3 Å². The van der Waals surface area contributed by atoms with Gasteiger partial charge in [0.25, 0.3) is 5.91 Å². The Kier molecular flexibility index (Phi) is 5.83. The minimum Gasteiger partial charge on any atom is -0.455 e. The fourth-order valence-corrected chi connectivity index (χ4v) is 2.62. The zero-order valence-corrected chi connectivity index (χ0v) is 16.0. The Morgan fingerprint density at radius 3 is 2.59 bits per heavy atom. The molecule has 0 aliphatic rings. The van der Waals surface area contributed by atoms with Crippen LogP contribution in [-0.4, -0.2) is 18.0 Å². The average molecular weight is 426 g/mol. The van der Waals surface area contributed by atoms with Gasteiger partial charge in [-0.25, -0.2) is 5.43 Å². The van der Waals surface area contributed by atoms with Crippen LogP contribution < -0.4 is 10.7 Å². The molecule has 136 valence electrons. The number of nitrogens with one attached hydrogen (secondary N) is 2. The van der Waals surface area contributed by atoms with E-state index in [1.54, 1.807) is 30.3 Å². The second-order valence-electron chi connectivity index (χ2n) is 5.67. The molecule has 6 nitrogen and oxygen atoms in total. The highest BCUT2D eigenvalue weighted by Gasteiger charge is 2.06. The summed E-state index contributed by atoms with van der Waals surface area (Å²) < 4.78 is 6.69. The van der Waals surface area contributed by atoms with E-state index in [4.69, 9.17) is 4.42 Å². The largest absolute Gasteiger partial charge is 0.455 e. The van der Waals surface area contributed by atoms with Crippen molar-refractivity contribution in [2.45, 2.75) is 6.92 Å². The van der Waals surface area contributed by atoms with E-state index in [0.29, 0.717) is 22.8 Å². The number of anilines is 1. The second kappa shape index (κ2) is 8.46. The first kappa shape index (κ1) is 18.6. The predicted octanol–water partition coefficient (Wildman–Crippen LogP) is 4.43. The lowest BCUT2D eigenvalue weighted by atomic mass is 10.2. The topological polar surface area (TPSA) is 83.7 Å². The third kappa shape index (κ3) is 5.15. The van der Waals surface area contributed by atoms with Gasteiger partial charge in [0.15, 0.2) is 0 Å². The van der Waals surface area contributed by atoms with E-state index in [2.05, 4.69) is 31.8 Å². The Morgan fingerprint density at radius 2 is 1.85 bits per heavy atom. The average Bonchev–Trinajstić information content (AvgIpc) is 3.11. The lowest BCUT2D eigenvalue weighted by Gasteiger charge is -2.04. The number of hydrogen-bond donors (Lipinski definition) is 2. The fraction of sp³-hybridized carbons (Fsp3) is 0.0500. The fourth-order valence-electron chi connectivity index (χ4n) is 2.35. The normalized spacial score (nSPS) is 10.7. The molecular weight excluding hydrogens is 410 g/mol. The molecule has 3 rings (SSSR count). The summed E-state index contributed by atoms with van der Waals surface area (Å²) in [5, 5.41) is 6.54. The van der Waals surface area contributed by atoms with Gasteiger partial charge in [0.05, 0.1) is 6.21 Å². The third-order valence-corrected chi connectivity index (χ3v) is 4.09. The summed E-state index contributed by atoms with van der Waals surface area (Å²) in [6.45, 7) is 1.41. The number of benzene rings is 2. The Morgan fingerprint density at radius 1 is 1.07 bits per heavy atom. The smallest absolute Gasteiger partial charge is 0.271 e. The van der Waals surface area contributed by atoms with Crippen LogP contribution in [0, 0.1) is 0 Å². The molecule has 1 heterocycles. The standard InChI is InChI=1S/C20H16BrN3O3/c1-13(25)23-17-4-2-3-15(11-17)20(26)24-22-12-18-9-10-19(27-18)14-5-7-16(21)8-6-14/h2-12H,1H3,(H,23,25)(H,24,26)/b22-12-. The van der Waals surface area contributed by atoms with Gasteiger partial charge in [-0.1, -0.05) is 34.1 Å². The maximum absolute atomic E-state index is 12.2. The maximum atomic E-state index is 12.2. The van der Waals surface area contributed by atoms with E-state index < -0.39 is 5.91 Å². The Bertz CT molecular complexity index is 994. The van der Waals surface area contributed by atoms with E-state index in [1.165, 1.54) is 13.1 Å². The molecule has 0 saturated heterocycles. The number of hydrogen-bond acceptors (Lipinski definition) is 4. The molecule has 0 radical (unpaired) electrons. The quantitative estimate of drug-likeness (QED) is 0.468. The lowest BCUT2D eigenvalue weighted by molar-refractivity contribution is -0.114. The molecule has 27 heavy (non-hydrogen) atoms. The molecule has 3 aromatic rings. The van der Waals surface area contributed by atoms with Crippen LogP contribution in [0.1, 0.15) is 23.0 Å². The maximum Gasteiger partial charge on any atom is 0.271 e. The van der Waals surface area contributed by atoms with Crippen LogP contribution in [0.4, 0.5) is 5.69 Å². The highest BCUT2D eigenvalue weighted by Crippen LogP contribution is 2.23. The second-order valence-corrected chi connectivity index (χ2v) is 6.59. The molecule has 0 bridgehead atoms. The number of furan rings is 1. The van der Waals surface area contributed by atoms with Gasteiger partial charge in [-0.3, -0.25) is 9.59 Å². The Hall–Kier alpha value is -3.19. The molecule has 1 aromatic heterocycles. The monoisotopic (exact) mass is 425 g/mol. The van der Waals surface area contributed by atoms with Crippen molar-refractivity contribution >= 4 is 39.6 Å². The molecule has 7 heteroatoms. The summed E-state index contributed by atoms with van der Waals surface area (Å²) >= 11 is 3.39. The van der Waals surface area contributed by atoms with Crippen molar-refractivity contribution in [3.8, 4) is 11.3 Å². The molecule has 0 fully saturated rings. The van der Waals surface area contributed by atoms with Gasteiger partial charge in [-0.05, 0) is 42.5 Å².